The molecule has 0 saturated heterocycles. The van der Waals surface area contributed by atoms with Crippen molar-refractivity contribution in [3.63, 3.8) is 0 Å². The van der Waals surface area contributed by atoms with Gasteiger partial charge in [-0.3, -0.25) is 0 Å². The Labute approximate surface area is 74.6 Å². The van der Waals surface area contributed by atoms with Gasteiger partial charge >= 0.3 is 0 Å². The van der Waals surface area contributed by atoms with Crippen LogP contribution >= 0.6 is 0 Å². The van der Waals surface area contributed by atoms with Crippen molar-refractivity contribution in [2.75, 3.05) is 7.11 Å². The van der Waals surface area contributed by atoms with E-state index in [1.165, 1.54) is 0 Å². The number of carbonyl (C=O) groups is 1. The summed E-state index contributed by atoms with van der Waals surface area (Å²) < 4.78 is 5.25. The van der Waals surface area contributed by atoms with Crippen molar-refractivity contribution in [1.82, 2.24) is 0 Å². The quantitative estimate of drug-likeness (QED) is 0.451. The second-order valence-corrected chi connectivity index (χ2v) is 2.92. The lowest BCUT2D eigenvalue weighted by atomic mass is 10.0. The van der Waals surface area contributed by atoms with E-state index in [1.54, 1.807) is 7.11 Å². The number of aldehydes is 1. The van der Waals surface area contributed by atoms with Gasteiger partial charge in [-0.2, -0.15) is 0 Å². The van der Waals surface area contributed by atoms with E-state index in [2.05, 4.69) is 13.8 Å². The number of ether oxygens (including phenoxy) is 1. The van der Waals surface area contributed by atoms with Crippen LogP contribution in [-0.4, -0.2) is 19.5 Å². The standard InChI is InChI=1S/C10H18O2/c1-4-9(2)10(12-3)7-5-6-8-11/h5,7-10H,4,6H2,1-3H3. The molecular weight excluding hydrogens is 152 g/mol. The zero-order valence-corrected chi connectivity index (χ0v) is 8.12. The van der Waals surface area contributed by atoms with Gasteiger partial charge in [0.15, 0.2) is 0 Å². The van der Waals surface area contributed by atoms with Gasteiger partial charge in [-0.25, -0.2) is 0 Å². The van der Waals surface area contributed by atoms with Crippen LogP contribution in [0.15, 0.2) is 12.2 Å². The lowest BCUT2D eigenvalue weighted by molar-refractivity contribution is -0.107. The molecule has 0 amide bonds. The second kappa shape index (κ2) is 7.04. The molecule has 0 aromatic rings. The van der Waals surface area contributed by atoms with Crippen molar-refractivity contribution in [1.29, 1.82) is 0 Å². The van der Waals surface area contributed by atoms with Crippen LogP contribution in [0.5, 0.6) is 0 Å². The molecule has 2 nitrogen and oxygen atoms in total. The van der Waals surface area contributed by atoms with Crippen LogP contribution in [0.3, 0.4) is 0 Å². The van der Waals surface area contributed by atoms with Gasteiger partial charge in [-0.1, -0.05) is 32.4 Å². The largest absolute Gasteiger partial charge is 0.377 e. The maximum atomic E-state index is 10.0. The Balaban J connectivity index is 3.88. The fourth-order valence-electron chi connectivity index (χ4n) is 1.00. The molecule has 0 aliphatic carbocycles. The van der Waals surface area contributed by atoms with Crippen LogP contribution in [0.1, 0.15) is 26.7 Å². The highest BCUT2D eigenvalue weighted by Crippen LogP contribution is 2.11. The van der Waals surface area contributed by atoms with E-state index < -0.39 is 0 Å². The predicted octanol–water partition coefficient (Wildman–Crippen LogP) is 2.19. The molecule has 0 N–H and O–H groups in total. The Bertz CT molecular complexity index is 141. The monoisotopic (exact) mass is 170 g/mol. The number of hydrogen-bond acceptors (Lipinski definition) is 2. The van der Waals surface area contributed by atoms with Crippen LogP contribution < -0.4 is 0 Å². The molecule has 2 heteroatoms. The third kappa shape index (κ3) is 4.29. The average Bonchev–Trinajstić information content (AvgIpc) is 2.11. The molecule has 0 aliphatic rings. The summed E-state index contributed by atoms with van der Waals surface area (Å²) in [6.45, 7) is 4.27. The predicted molar refractivity (Wildman–Crippen MR) is 50.1 cm³/mol. The minimum absolute atomic E-state index is 0.148. The molecule has 70 valence electrons. The highest BCUT2D eigenvalue weighted by Gasteiger charge is 2.10. The normalized spacial score (nSPS) is 16.2. The summed E-state index contributed by atoms with van der Waals surface area (Å²) in [6, 6.07) is 0. The number of methoxy groups -OCH3 is 1. The molecule has 0 heterocycles. The summed E-state index contributed by atoms with van der Waals surface area (Å²) in [7, 11) is 1.70. The maximum absolute atomic E-state index is 10.0. The van der Waals surface area contributed by atoms with Crippen LogP contribution in [-0.2, 0) is 9.53 Å². The Morgan fingerprint density at radius 2 is 2.17 bits per heavy atom. The second-order valence-electron chi connectivity index (χ2n) is 2.92. The van der Waals surface area contributed by atoms with Gasteiger partial charge in [-0.15, -0.1) is 0 Å². The molecule has 2 atom stereocenters. The first-order valence-corrected chi connectivity index (χ1v) is 4.39. The molecule has 2 unspecified atom stereocenters. The minimum atomic E-state index is 0.148. The van der Waals surface area contributed by atoms with E-state index in [4.69, 9.17) is 4.74 Å². The number of rotatable bonds is 6. The Morgan fingerprint density at radius 3 is 2.58 bits per heavy atom. The van der Waals surface area contributed by atoms with Gasteiger partial charge in [0.05, 0.1) is 6.10 Å². The molecule has 0 aliphatic heterocycles. The van der Waals surface area contributed by atoms with Crippen LogP contribution in [0.25, 0.3) is 0 Å². The van der Waals surface area contributed by atoms with Crippen LogP contribution in [0, 0.1) is 5.92 Å². The molecule has 0 aromatic heterocycles. The van der Waals surface area contributed by atoms with Crippen molar-refractivity contribution in [3.8, 4) is 0 Å². The first-order valence-electron chi connectivity index (χ1n) is 4.39. The molecule has 0 rings (SSSR count). The highest BCUT2D eigenvalue weighted by molar-refractivity contribution is 5.51. The van der Waals surface area contributed by atoms with Crippen molar-refractivity contribution < 1.29 is 9.53 Å². The van der Waals surface area contributed by atoms with Gasteiger partial charge in [-0.05, 0) is 5.92 Å². The topological polar surface area (TPSA) is 26.3 Å². The molecule has 0 bridgehead atoms. The summed E-state index contributed by atoms with van der Waals surface area (Å²) in [4.78, 5) is 10.0. The van der Waals surface area contributed by atoms with Crippen LogP contribution in [0.4, 0.5) is 0 Å². The molecule has 12 heavy (non-hydrogen) atoms. The number of allylic oxidation sites excluding steroid dienone is 1. The van der Waals surface area contributed by atoms with Gasteiger partial charge in [0.1, 0.15) is 6.29 Å². The van der Waals surface area contributed by atoms with E-state index in [0.717, 1.165) is 12.7 Å². The zero-order valence-electron chi connectivity index (χ0n) is 8.12. The van der Waals surface area contributed by atoms with E-state index in [9.17, 15) is 4.79 Å². The number of hydrogen-bond donors (Lipinski definition) is 0. The molecule has 0 spiro atoms. The molecule has 0 aromatic carbocycles. The van der Waals surface area contributed by atoms with Gasteiger partial charge in [0.25, 0.3) is 0 Å². The third-order valence-electron chi connectivity index (χ3n) is 2.04. The van der Waals surface area contributed by atoms with Crippen molar-refractivity contribution in [3.05, 3.63) is 12.2 Å². The fraction of sp³-hybridized carbons (Fsp3) is 0.700. The Morgan fingerprint density at radius 1 is 1.50 bits per heavy atom. The smallest absolute Gasteiger partial charge is 0.123 e. The molecular formula is C10H18O2. The third-order valence-corrected chi connectivity index (χ3v) is 2.04. The maximum Gasteiger partial charge on any atom is 0.123 e. The Kier molecular flexibility index (Phi) is 6.67. The van der Waals surface area contributed by atoms with E-state index >= 15 is 0 Å². The Hall–Kier alpha value is -0.630. The van der Waals surface area contributed by atoms with Gasteiger partial charge in [0.2, 0.25) is 0 Å². The van der Waals surface area contributed by atoms with Crippen molar-refractivity contribution in [2.24, 2.45) is 5.92 Å². The molecule has 0 fully saturated rings. The minimum Gasteiger partial charge on any atom is -0.377 e. The first-order chi connectivity index (χ1) is 5.76. The van der Waals surface area contributed by atoms with E-state index in [0.29, 0.717) is 12.3 Å². The summed E-state index contributed by atoms with van der Waals surface area (Å²) in [6.07, 6.45) is 6.42. The molecule has 0 radical (unpaired) electrons. The van der Waals surface area contributed by atoms with Gasteiger partial charge < -0.3 is 9.53 Å². The summed E-state index contributed by atoms with van der Waals surface area (Å²) in [5.74, 6) is 0.512. The van der Waals surface area contributed by atoms with E-state index in [-0.39, 0.29) is 6.10 Å². The van der Waals surface area contributed by atoms with Crippen molar-refractivity contribution in [2.45, 2.75) is 32.8 Å². The molecule has 0 saturated carbocycles. The lowest BCUT2D eigenvalue weighted by Gasteiger charge is -2.17. The van der Waals surface area contributed by atoms with E-state index in [1.807, 2.05) is 12.2 Å². The zero-order chi connectivity index (χ0) is 9.40. The lowest BCUT2D eigenvalue weighted by Crippen LogP contribution is -2.16. The highest BCUT2D eigenvalue weighted by atomic mass is 16.5. The summed E-state index contributed by atoms with van der Waals surface area (Å²) >= 11 is 0. The van der Waals surface area contributed by atoms with Crippen molar-refractivity contribution >= 4 is 6.29 Å². The summed E-state index contributed by atoms with van der Waals surface area (Å²) in [5, 5.41) is 0. The average molecular weight is 170 g/mol. The first kappa shape index (κ1) is 11.4. The van der Waals surface area contributed by atoms with Gasteiger partial charge in [0, 0.05) is 13.5 Å². The summed E-state index contributed by atoms with van der Waals surface area (Å²) in [5.41, 5.74) is 0. The van der Waals surface area contributed by atoms with Crippen LogP contribution in [0.2, 0.25) is 0 Å². The fourth-order valence-corrected chi connectivity index (χ4v) is 1.00. The SMILES string of the molecule is CCC(C)C(C=CCC=O)OC. The number of carbonyl (C=O) groups excluding carboxylic acids is 1.